The summed E-state index contributed by atoms with van der Waals surface area (Å²) >= 11 is 0. The predicted molar refractivity (Wildman–Crippen MR) is 48.8 cm³/mol. The second-order valence-corrected chi connectivity index (χ2v) is 4.62. The normalized spacial score (nSPS) is 15.3. The summed E-state index contributed by atoms with van der Waals surface area (Å²) in [5, 5.41) is 0. The Balaban J connectivity index is 5.47. The number of hydrogen-bond acceptors (Lipinski definition) is 0. The largest absolute Gasteiger partial charge is 0.399 e. The second-order valence-electron chi connectivity index (χ2n) is 4.62. The average Bonchev–Trinajstić information content (AvgIpc) is 2.01. The van der Waals surface area contributed by atoms with Gasteiger partial charge in [-0.15, -0.1) is 6.58 Å². The van der Waals surface area contributed by atoms with Gasteiger partial charge in [0.2, 0.25) is 0 Å². The van der Waals surface area contributed by atoms with Crippen LogP contribution in [0.25, 0.3) is 0 Å². The molecule has 0 fully saturated rings. The molecule has 0 unspecified atom stereocenters. The van der Waals surface area contributed by atoms with E-state index in [0.29, 0.717) is 13.8 Å². The highest BCUT2D eigenvalue weighted by atomic mass is 19.4. The van der Waals surface area contributed by atoms with E-state index in [1.165, 1.54) is 0 Å². The molecule has 0 bridgehead atoms. The van der Waals surface area contributed by atoms with Gasteiger partial charge in [-0.05, 0) is 13.8 Å². The zero-order valence-corrected chi connectivity index (χ0v) is 9.17. The van der Waals surface area contributed by atoms with Gasteiger partial charge < -0.3 is 0 Å². The maximum Gasteiger partial charge on any atom is 0.399 e. The lowest BCUT2D eigenvalue weighted by atomic mass is 9.70. The van der Waals surface area contributed by atoms with Gasteiger partial charge in [0.05, 0.1) is 0 Å². The molecule has 0 saturated heterocycles. The number of rotatable bonds is 3. The molecule has 0 aliphatic heterocycles. The molecule has 90 valence electrons. The van der Waals surface area contributed by atoms with Crippen LogP contribution >= 0.6 is 0 Å². The standard InChI is InChI=1S/C10H15F5/c1-6-7(2,3)9(11,12)8(4,5)10(13,14)15/h6H,1H2,2-5H3. The van der Waals surface area contributed by atoms with Crippen molar-refractivity contribution < 1.29 is 22.0 Å². The van der Waals surface area contributed by atoms with Crippen molar-refractivity contribution in [2.45, 2.75) is 39.8 Å². The molecule has 0 rings (SSSR count). The van der Waals surface area contributed by atoms with Gasteiger partial charge >= 0.3 is 6.18 Å². The van der Waals surface area contributed by atoms with Gasteiger partial charge in [-0.3, -0.25) is 0 Å². The quantitative estimate of drug-likeness (QED) is 0.497. The van der Waals surface area contributed by atoms with Crippen LogP contribution in [0, 0.1) is 10.8 Å². The molecule has 0 heterocycles. The number of halogens is 5. The van der Waals surface area contributed by atoms with E-state index in [1.54, 1.807) is 0 Å². The molecule has 0 saturated carbocycles. The van der Waals surface area contributed by atoms with Crippen LogP contribution < -0.4 is 0 Å². The van der Waals surface area contributed by atoms with E-state index in [0.717, 1.165) is 19.9 Å². The van der Waals surface area contributed by atoms with Gasteiger partial charge in [-0.1, -0.05) is 19.9 Å². The molecule has 0 N–H and O–H groups in total. The summed E-state index contributed by atoms with van der Waals surface area (Å²) in [6, 6.07) is 0. The van der Waals surface area contributed by atoms with E-state index in [9.17, 15) is 22.0 Å². The third-order valence-corrected chi connectivity index (χ3v) is 2.81. The van der Waals surface area contributed by atoms with E-state index >= 15 is 0 Å². The van der Waals surface area contributed by atoms with E-state index < -0.39 is 22.9 Å². The molecule has 0 aromatic carbocycles. The van der Waals surface area contributed by atoms with Crippen LogP contribution in [-0.4, -0.2) is 12.1 Å². The highest BCUT2D eigenvalue weighted by molar-refractivity contribution is 5.06. The van der Waals surface area contributed by atoms with Crippen molar-refractivity contribution in [1.29, 1.82) is 0 Å². The van der Waals surface area contributed by atoms with Crippen molar-refractivity contribution in [3.63, 3.8) is 0 Å². The summed E-state index contributed by atoms with van der Waals surface area (Å²) in [4.78, 5) is 0. The first kappa shape index (κ1) is 14.4. The van der Waals surface area contributed by atoms with E-state index in [4.69, 9.17) is 0 Å². The van der Waals surface area contributed by atoms with Crippen molar-refractivity contribution in [3.8, 4) is 0 Å². The molecule has 0 amide bonds. The van der Waals surface area contributed by atoms with Crippen LogP contribution in [0.15, 0.2) is 12.7 Å². The first-order valence-electron chi connectivity index (χ1n) is 4.39. The fraction of sp³-hybridized carbons (Fsp3) is 0.800. The lowest BCUT2D eigenvalue weighted by Crippen LogP contribution is -2.54. The molecule has 0 aromatic heterocycles. The maximum absolute atomic E-state index is 13.7. The van der Waals surface area contributed by atoms with E-state index in [-0.39, 0.29) is 0 Å². The molecule has 0 spiro atoms. The molecule has 15 heavy (non-hydrogen) atoms. The SMILES string of the molecule is C=CC(C)(C)C(F)(F)C(C)(C)C(F)(F)F. The summed E-state index contributed by atoms with van der Waals surface area (Å²) < 4.78 is 64.8. The Hall–Kier alpha value is -0.610. The Labute approximate surface area is 86.2 Å². The molecule has 0 aromatic rings. The van der Waals surface area contributed by atoms with Gasteiger partial charge in [0.25, 0.3) is 5.92 Å². The Morgan fingerprint density at radius 2 is 1.20 bits per heavy atom. The lowest BCUT2D eigenvalue weighted by molar-refractivity contribution is -0.306. The highest BCUT2D eigenvalue weighted by Gasteiger charge is 2.67. The minimum atomic E-state index is -4.96. The summed E-state index contributed by atoms with van der Waals surface area (Å²) in [6.45, 7) is 6.21. The second kappa shape index (κ2) is 3.46. The third-order valence-electron chi connectivity index (χ3n) is 2.81. The first-order chi connectivity index (χ1) is 6.31. The molecular weight excluding hydrogens is 215 g/mol. The molecule has 0 atom stereocenters. The summed E-state index contributed by atoms with van der Waals surface area (Å²) in [5.41, 5.74) is -5.00. The Kier molecular flexibility index (Phi) is 3.31. The summed E-state index contributed by atoms with van der Waals surface area (Å²) in [6.07, 6.45) is -4.11. The summed E-state index contributed by atoms with van der Waals surface area (Å²) in [5.74, 6) is -3.92. The molecule has 0 nitrogen and oxygen atoms in total. The molecule has 5 heteroatoms. The smallest absolute Gasteiger partial charge is 0.205 e. The zero-order valence-electron chi connectivity index (χ0n) is 9.17. The maximum atomic E-state index is 13.7. The average molecular weight is 230 g/mol. The molecule has 0 aliphatic rings. The van der Waals surface area contributed by atoms with Crippen LogP contribution in [0.2, 0.25) is 0 Å². The third kappa shape index (κ3) is 2.01. The van der Waals surface area contributed by atoms with Gasteiger partial charge in [-0.2, -0.15) is 13.2 Å². The highest BCUT2D eigenvalue weighted by Crippen LogP contribution is 2.56. The van der Waals surface area contributed by atoms with Crippen LogP contribution in [0.1, 0.15) is 27.7 Å². The fourth-order valence-electron chi connectivity index (χ4n) is 1.11. The van der Waals surface area contributed by atoms with Crippen molar-refractivity contribution in [2.75, 3.05) is 0 Å². The van der Waals surface area contributed by atoms with E-state index in [1.807, 2.05) is 0 Å². The Morgan fingerprint density at radius 3 is 1.40 bits per heavy atom. The summed E-state index contributed by atoms with van der Waals surface area (Å²) in [7, 11) is 0. The topological polar surface area (TPSA) is 0 Å². The van der Waals surface area contributed by atoms with Crippen LogP contribution in [0.4, 0.5) is 22.0 Å². The monoisotopic (exact) mass is 230 g/mol. The van der Waals surface area contributed by atoms with E-state index in [2.05, 4.69) is 6.58 Å². The zero-order chi connectivity index (χ0) is 12.7. The number of allylic oxidation sites excluding steroid dienone is 1. The molecule has 0 radical (unpaired) electrons. The Bertz CT molecular complexity index is 247. The van der Waals surface area contributed by atoms with Crippen molar-refractivity contribution in [2.24, 2.45) is 10.8 Å². The van der Waals surface area contributed by atoms with Gasteiger partial charge in [0.1, 0.15) is 5.41 Å². The minimum Gasteiger partial charge on any atom is -0.205 e. The Morgan fingerprint density at radius 1 is 0.867 bits per heavy atom. The van der Waals surface area contributed by atoms with Crippen molar-refractivity contribution in [1.82, 2.24) is 0 Å². The fourth-order valence-corrected chi connectivity index (χ4v) is 1.11. The van der Waals surface area contributed by atoms with Crippen molar-refractivity contribution >= 4 is 0 Å². The van der Waals surface area contributed by atoms with Gasteiger partial charge in [0.15, 0.2) is 0 Å². The number of alkyl halides is 5. The molecule has 0 aliphatic carbocycles. The number of hydrogen-bond donors (Lipinski definition) is 0. The minimum absolute atomic E-state index is 0.498. The first-order valence-corrected chi connectivity index (χ1v) is 4.39. The predicted octanol–water partition coefficient (Wildman–Crippen LogP) is 4.42. The van der Waals surface area contributed by atoms with Crippen LogP contribution in [0.5, 0.6) is 0 Å². The van der Waals surface area contributed by atoms with Gasteiger partial charge in [-0.25, -0.2) is 8.78 Å². The van der Waals surface area contributed by atoms with Crippen LogP contribution in [0.3, 0.4) is 0 Å². The lowest BCUT2D eigenvalue weighted by Gasteiger charge is -2.43. The van der Waals surface area contributed by atoms with Crippen LogP contribution in [-0.2, 0) is 0 Å². The van der Waals surface area contributed by atoms with Crippen molar-refractivity contribution in [3.05, 3.63) is 12.7 Å². The van der Waals surface area contributed by atoms with Gasteiger partial charge in [0, 0.05) is 5.41 Å². The molecular formula is C10H15F5.